The second-order valence-corrected chi connectivity index (χ2v) is 7.57. The Labute approximate surface area is 180 Å². The van der Waals surface area contributed by atoms with E-state index in [2.05, 4.69) is 57.6 Å². The van der Waals surface area contributed by atoms with Crippen molar-refractivity contribution < 1.29 is 0 Å². The van der Waals surface area contributed by atoms with Crippen molar-refractivity contribution in [1.82, 2.24) is 29.9 Å². The maximum absolute atomic E-state index is 11.7. The molecule has 0 amide bonds. The van der Waals surface area contributed by atoms with Crippen LogP contribution in [-0.4, -0.2) is 29.9 Å². The van der Waals surface area contributed by atoms with Crippen LogP contribution in [0.4, 0.5) is 0 Å². The minimum Gasteiger partial charge on any atom is -0.343 e. The SMILES string of the molecule is CCCc1[nH]c2nc[nH]c(=O)c2c1CC.CCCc1[nH]c2ncnc(Cl)c2c1CC. The smallest absolute Gasteiger partial charge is 0.260 e. The summed E-state index contributed by atoms with van der Waals surface area (Å²) in [5.74, 6) is 0. The number of aromatic nitrogens is 6. The lowest BCUT2D eigenvalue weighted by atomic mass is 10.1. The molecule has 160 valence electrons. The topological polar surface area (TPSA) is 103 Å². The Kier molecular flexibility index (Phi) is 7.26. The highest BCUT2D eigenvalue weighted by Crippen LogP contribution is 2.27. The van der Waals surface area contributed by atoms with Crippen LogP contribution in [0, 0.1) is 0 Å². The van der Waals surface area contributed by atoms with Crippen LogP contribution in [0.1, 0.15) is 63.1 Å². The molecule has 0 aliphatic carbocycles. The third-order valence-electron chi connectivity index (χ3n) is 5.23. The van der Waals surface area contributed by atoms with E-state index in [9.17, 15) is 4.79 Å². The highest BCUT2D eigenvalue weighted by atomic mass is 35.5. The summed E-state index contributed by atoms with van der Waals surface area (Å²) in [6, 6.07) is 0. The van der Waals surface area contributed by atoms with E-state index in [1.165, 1.54) is 23.9 Å². The predicted octanol–water partition coefficient (Wildman–Crippen LogP) is 4.89. The number of halogens is 1. The minimum absolute atomic E-state index is 0.0459. The van der Waals surface area contributed by atoms with Gasteiger partial charge >= 0.3 is 0 Å². The number of nitrogens with zero attached hydrogens (tertiary/aromatic N) is 3. The monoisotopic (exact) mass is 428 g/mol. The van der Waals surface area contributed by atoms with E-state index in [4.69, 9.17) is 11.6 Å². The third-order valence-corrected chi connectivity index (χ3v) is 5.52. The van der Waals surface area contributed by atoms with Gasteiger partial charge in [-0.15, -0.1) is 0 Å². The van der Waals surface area contributed by atoms with Gasteiger partial charge in [-0.05, 0) is 36.8 Å². The Hall–Kier alpha value is -2.67. The Bertz CT molecular complexity index is 1190. The van der Waals surface area contributed by atoms with Gasteiger partial charge in [0.15, 0.2) is 0 Å². The van der Waals surface area contributed by atoms with Crippen LogP contribution in [0.2, 0.25) is 5.15 Å². The molecule has 8 heteroatoms. The fourth-order valence-electron chi connectivity index (χ4n) is 3.95. The summed E-state index contributed by atoms with van der Waals surface area (Å²) in [5.41, 5.74) is 6.29. The summed E-state index contributed by atoms with van der Waals surface area (Å²) in [6.45, 7) is 8.49. The van der Waals surface area contributed by atoms with Gasteiger partial charge < -0.3 is 15.0 Å². The lowest BCUT2D eigenvalue weighted by Crippen LogP contribution is -2.06. The van der Waals surface area contributed by atoms with E-state index in [-0.39, 0.29) is 5.56 Å². The molecule has 0 aliphatic rings. The van der Waals surface area contributed by atoms with Gasteiger partial charge in [0.1, 0.15) is 22.8 Å². The van der Waals surface area contributed by atoms with Crippen LogP contribution in [-0.2, 0) is 25.7 Å². The van der Waals surface area contributed by atoms with Crippen molar-refractivity contribution in [2.24, 2.45) is 0 Å². The zero-order chi connectivity index (χ0) is 21.7. The first-order valence-corrected chi connectivity index (χ1v) is 11.0. The van der Waals surface area contributed by atoms with Crippen LogP contribution in [0.5, 0.6) is 0 Å². The molecule has 7 nitrogen and oxygen atoms in total. The number of H-pyrrole nitrogens is 3. The first-order valence-electron chi connectivity index (χ1n) is 10.6. The predicted molar refractivity (Wildman–Crippen MR) is 122 cm³/mol. The summed E-state index contributed by atoms with van der Waals surface area (Å²) in [6.07, 6.45) is 8.95. The molecular weight excluding hydrogens is 400 g/mol. The van der Waals surface area contributed by atoms with Gasteiger partial charge in [-0.2, -0.15) is 0 Å². The van der Waals surface area contributed by atoms with Crippen molar-refractivity contribution in [3.63, 3.8) is 0 Å². The van der Waals surface area contributed by atoms with E-state index in [1.807, 2.05) is 0 Å². The molecule has 30 heavy (non-hydrogen) atoms. The van der Waals surface area contributed by atoms with Crippen molar-refractivity contribution in [3.8, 4) is 0 Å². The third kappa shape index (κ3) is 4.26. The Morgan fingerprint density at radius 3 is 1.97 bits per heavy atom. The molecule has 0 unspecified atom stereocenters. The van der Waals surface area contributed by atoms with Gasteiger partial charge in [0, 0.05) is 11.4 Å². The number of fused-ring (bicyclic) bond motifs is 2. The Morgan fingerprint density at radius 2 is 1.40 bits per heavy atom. The van der Waals surface area contributed by atoms with E-state index in [1.54, 1.807) is 0 Å². The van der Waals surface area contributed by atoms with E-state index in [0.29, 0.717) is 10.8 Å². The van der Waals surface area contributed by atoms with Crippen molar-refractivity contribution in [3.05, 3.63) is 50.7 Å². The molecule has 4 aromatic rings. The Balaban J connectivity index is 0.000000171. The molecule has 4 rings (SSSR count). The average Bonchev–Trinajstić information content (AvgIpc) is 3.28. The minimum atomic E-state index is -0.0459. The largest absolute Gasteiger partial charge is 0.343 e. The molecule has 0 saturated heterocycles. The summed E-state index contributed by atoms with van der Waals surface area (Å²) in [5, 5.41) is 2.27. The standard InChI is InChI=1S/C11H14ClN3.C11H15N3O/c1-3-5-8-7(4-2)9-10(12)13-6-14-11(9)15-8;1-3-5-8-7(4-2)9-10(14-8)12-6-13-11(9)15/h6H,3-5H2,1-2H3,(H,13,14,15);6H,3-5H2,1-2H3,(H2,12,13,14,15). The number of hydrogen-bond acceptors (Lipinski definition) is 4. The van der Waals surface area contributed by atoms with Gasteiger partial charge in [-0.3, -0.25) is 4.79 Å². The maximum atomic E-state index is 11.7. The van der Waals surface area contributed by atoms with E-state index >= 15 is 0 Å². The highest BCUT2D eigenvalue weighted by Gasteiger charge is 2.14. The molecule has 0 aliphatic heterocycles. The molecule has 0 radical (unpaired) electrons. The normalized spacial score (nSPS) is 11.1. The summed E-state index contributed by atoms with van der Waals surface area (Å²) < 4.78 is 0. The molecule has 3 N–H and O–H groups in total. The zero-order valence-electron chi connectivity index (χ0n) is 18.0. The first kappa shape index (κ1) is 22.0. The summed E-state index contributed by atoms with van der Waals surface area (Å²) in [4.78, 5) is 33.2. The highest BCUT2D eigenvalue weighted by molar-refractivity contribution is 6.34. The molecule has 0 saturated carbocycles. The molecule has 0 fully saturated rings. The summed E-state index contributed by atoms with van der Waals surface area (Å²) in [7, 11) is 0. The fraction of sp³-hybridized carbons (Fsp3) is 0.455. The lowest BCUT2D eigenvalue weighted by molar-refractivity contribution is 0.876. The average molecular weight is 429 g/mol. The fourth-order valence-corrected chi connectivity index (χ4v) is 4.19. The van der Waals surface area contributed by atoms with Crippen LogP contribution < -0.4 is 5.56 Å². The van der Waals surface area contributed by atoms with Crippen LogP contribution in [0.25, 0.3) is 22.1 Å². The van der Waals surface area contributed by atoms with E-state index in [0.717, 1.165) is 66.2 Å². The molecule has 4 heterocycles. The maximum Gasteiger partial charge on any atom is 0.260 e. The van der Waals surface area contributed by atoms with Crippen molar-refractivity contribution in [1.29, 1.82) is 0 Å². The number of nitrogens with one attached hydrogen (secondary N) is 3. The zero-order valence-corrected chi connectivity index (χ0v) is 18.8. The second kappa shape index (κ2) is 9.89. The number of hydrogen-bond donors (Lipinski definition) is 3. The van der Waals surface area contributed by atoms with Crippen molar-refractivity contribution >= 4 is 33.7 Å². The van der Waals surface area contributed by atoms with Crippen LogP contribution in [0.3, 0.4) is 0 Å². The molecule has 4 aromatic heterocycles. The van der Waals surface area contributed by atoms with Crippen molar-refractivity contribution in [2.45, 2.75) is 66.2 Å². The van der Waals surface area contributed by atoms with Gasteiger partial charge in [0.05, 0.1) is 17.1 Å². The molecule has 0 bridgehead atoms. The molecule has 0 aromatic carbocycles. The second-order valence-electron chi connectivity index (χ2n) is 7.21. The number of rotatable bonds is 6. The van der Waals surface area contributed by atoms with Crippen LogP contribution >= 0.6 is 11.6 Å². The molecule has 0 atom stereocenters. The first-order chi connectivity index (χ1) is 14.5. The Morgan fingerprint density at radius 1 is 0.833 bits per heavy atom. The molecule has 0 spiro atoms. The number of aryl methyl sites for hydroxylation is 4. The van der Waals surface area contributed by atoms with Gasteiger partial charge in [-0.1, -0.05) is 52.1 Å². The molecular formula is C22H29ClN6O. The number of aromatic amines is 3. The van der Waals surface area contributed by atoms with Gasteiger partial charge in [-0.25, -0.2) is 15.0 Å². The van der Waals surface area contributed by atoms with Crippen molar-refractivity contribution in [2.75, 3.05) is 0 Å². The van der Waals surface area contributed by atoms with Crippen LogP contribution in [0.15, 0.2) is 17.4 Å². The van der Waals surface area contributed by atoms with E-state index < -0.39 is 0 Å². The van der Waals surface area contributed by atoms with Gasteiger partial charge in [0.25, 0.3) is 5.56 Å². The lowest BCUT2D eigenvalue weighted by Gasteiger charge is -1.99. The van der Waals surface area contributed by atoms with Gasteiger partial charge in [0.2, 0.25) is 0 Å². The summed E-state index contributed by atoms with van der Waals surface area (Å²) >= 11 is 6.08. The quantitative estimate of drug-likeness (QED) is 0.380.